The maximum Gasteiger partial charge on any atom is 0.335 e. The first kappa shape index (κ1) is 15.7. The predicted molar refractivity (Wildman–Crippen MR) is 80.1 cm³/mol. The highest BCUT2D eigenvalue weighted by Crippen LogP contribution is 2.32. The van der Waals surface area contributed by atoms with Crippen molar-refractivity contribution in [2.45, 2.75) is 19.4 Å². The Balaban J connectivity index is 2.32. The lowest BCUT2D eigenvalue weighted by Gasteiger charge is -2.33. The van der Waals surface area contributed by atoms with Gasteiger partial charge >= 0.3 is 5.97 Å². The summed E-state index contributed by atoms with van der Waals surface area (Å²) in [5.74, 6) is -0.447. The fourth-order valence-electron chi connectivity index (χ4n) is 2.41. The van der Waals surface area contributed by atoms with E-state index in [-0.39, 0.29) is 19.2 Å². The SMILES string of the molecule is CCOC(=O)C1=CCC(c2ccccc2)N(S(C)(=O)=O)C1. The van der Waals surface area contributed by atoms with Gasteiger partial charge in [0.05, 0.1) is 18.9 Å². The van der Waals surface area contributed by atoms with E-state index in [0.29, 0.717) is 12.0 Å². The van der Waals surface area contributed by atoms with E-state index < -0.39 is 16.0 Å². The standard InChI is InChI=1S/C15H19NO4S/c1-3-20-15(17)13-9-10-14(12-7-5-4-6-8-12)16(11-13)21(2,18)19/h4-9,14H,3,10-11H2,1-2H3. The molecule has 1 aliphatic rings. The van der Waals surface area contributed by atoms with Crippen LogP contribution in [0.25, 0.3) is 0 Å². The molecule has 0 aliphatic carbocycles. The highest BCUT2D eigenvalue weighted by atomic mass is 32.2. The van der Waals surface area contributed by atoms with Gasteiger partial charge in [0.25, 0.3) is 0 Å². The number of ether oxygens (including phenoxy) is 1. The molecule has 1 atom stereocenters. The Hall–Kier alpha value is -1.66. The zero-order valence-corrected chi connectivity index (χ0v) is 13.0. The molecule has 0 saturated heterocycles. The van der Waals surface area contributed by atoms with Gasteiger partial charge in [-0.1, -0.05) is 36.4 Å². The molecule has 0 saturated carbocycles. The number of sulfonamides is 1. The van der Waals surface area contributed by atoms with Crippen LogP contribution in [0.3, 0.4) is 0 Å². The summed E-state index contributed by atoms with van der Waals surface area (Å²) in [6.45, 7) is 2.05. The Morgan fingerprint density at radius 2 is 2.00 bits per heavy atom. The van der Waals surface area contributed by atoms with Crippen molar-refractivity contribution < 1.29 is 17.9 Å². The molecule has 114 valence electrons. The molecule has 0 amide bonds. The third-order valence-corrected chi connectivity index (χ3v) is 4.64. The van der Waals surface area contributed by atoms with Crippen LogP contribution in [0, 0.1) is 0 Å². The Morgan fingerprint density at radius 3 is 2.57 bits per heavy atom. The molecule has 1 aromatic carbocycles. The number of benzene rings is 1. The van der Waals surface area contributed by atoms with E-state index in [1.165, 1.54) is 4.31 Å². The number of hydrogen-bond acceptors (Lipinski definition) is 4. The molecule has 6 heteroatoms. The van der Waals surface area contributed by atoms with E-state index in [0.717, 1.165) is 11.8 Å². The minimum absolute atomic E-state index is 0.0528. The number of hydrogen-bond donors (Lipinski definition) is 0. The lowest BCUT2D eigenvalue weighted by atomic mass is 9.98. The maximum atomic E-state index is 12.0. The first-order valence-electron chi connectivity index (χ1n) is 6.81. The van der Waals surface area contributed by atoms with Crippen LogP contribution in [0.5, 0.6) is 0 Å². The van der Waals surface area contributed by atoms with Gasteiger partial charge in [0.1, 0.15) is 0 Å². The molecule has 2 rings (SSSR count). The molecular formula is C15H19NO4S. The number of nitrogens with zero attached hydrogens (tertiary/aromatic N) is 1. The lowest BCUT2D eigenvalue weighted by molar-refractivity contribution is -0.138. The summed E-state index contributed by atoms with van der Waals surface area (Å²) in [5, 5.41) is 0. The minimum atomic E-state index is -3.42. The van der Waals surface area contributed by atoms with Gasteiger partial charge in [-0.3, -0.25) is 0 Å². The number of carbonyl (C=O) groups is 1. The quantitative estimate of drug-likeness (QED) is 0.797. The van der Waals surface area contributed by atoms with Crippen molar-refractivity contribution in [3.05, 3.63) is 47.5 Å². The first-order chi connectivity index (χ1) is 9.93. The Labute approximate surface area is 125 Å². The van der Waals surface area contributed by atoms with Crippen LogP contribution in [0.1, 0.15) is 24.9 Å². The van der Waals surface area contributed by atoms with E-state index in [4.69, 9.17) is 4.74 Å². The predicted octanol–water partition coefficient (Wildman–Crippen LogP) is 1.88. The van der Waals surface area contributed by atoms with Crippen LogP contribution in [-0.2, 0) is 19.6 Å². The minimum Gasteiger partial charge on any atom is -0.463 e. The van der Waals surface area contributed by atoms with Gasteiger partial charge in [0, 0.05) is 12.1 Å². The van der Waals surface area contributed by atoms with Gasteiger partial charge in [-0.25, -0.2) is 13.2 Å². The molecule has 0 bridgehead atoms. The molecule has 0 aromatic heterocycles. The third kappa shape index (κ3) is 3.71. The van der Waals surface area contributed by atoms with Crippen LogP contribution in [0.2, 0.25) is 0 Å². The van der Waals surface area contributed by atoms with Crippen molar-refractivity contribution in [1.82, 2.24) is 4.31 Å². The van der Waals surface area contributed by atoms with Crippen molar-refractivity contribution in [2.75, 3.05) is 19.4 Å². The largest absolute Gasteiger partial charge is 0.463 e. The molecular weight excluding hydrogens is 290 g/mol. The molecule has 5 nitrogen and oxygen atoms in total. The van der Waals surface area contributed by atoms with Crippen molar-refractivity contribution >= 4 is 16.0 Å². The normalized spacial score (nSPS) is 19.9. The molecule has 1 unspecified atom stereocenters. The highest BCUT2D eigenvalue weighted by molar-refractivity contribution is 7.88. The fraction of sp³-hybridized carbons (Fsp3) is 0.400. The summed E-state index contributed by atoms with van der Waals surface area (Å²) in [7, 11) is -3.42. The van der Waals surface area contributed by atoms with Crippen LogP contribution < -0.4 is 0 Å². The van der Waals surface area contributed by atoms with E-state index in [9.17, 15) is 13.2 Å². The summed E-state index contributed by atoms with van der Waals surface area (Å²) in [6, 6.07) is 9.15. The maximum absolute atomic E-state index is 12.0. The molecule has 1 aliphatic heterocycles. The molecule has 1 aromatic rings. The van der Waals surface area contributed by atoms with Gasteiger partial charge < -0.3 is 4.74 Å². The molecule has 21 heavy (non-hydrogen) atoms. The van der Waals surface area contributed by atoms with Crippen molar-refractivity contribution in [2.24, 2.45) is 0 Å². The van der Waals surface area contributed by atoms with Crippen molar-refractivity contribution in [3.63, 3.8) is 0 Å². The number of esters is 1. The van der Waals surface area contributed by atoms with Gasteiger partial charge in [0.2, 0.25) is 10.0 Å². The Morgan fingerprint density at radius 1 is 1.33 bits per heavy atom. The fourth-order valence-corrected chi connectivity index (χ4v) is 3.46. The Bertz CT molecular complexity index is 637. The van der Waals surface area contributed by atoms with E-state index in [1.807, 2.05) is 30.3 Å². The smallest absolute Gasteiger partial charge is 0.335 e. The molecule has 0 spiro atoms. The second-order valence-electron chi connectivity index (χ2n) is 4.92. The molecule has 1 heterocycles. The van der Waals surface area contributed by atoms with Crippen LogP contribution in [-0.4, -0.2) is 38.1 Å². The zero-order valence-electron chi connectivity index (χ0n) is 12.2. The third-order valence-electron chi connectivity index (χ3n) is 3.41. The van der Waals surface area contributed by atoms with Crippen LogP contribution >= 0.6 is 0 Å². The van der Waals surface area contributed by atoms with E-state index in [2.05, 4.69) is 0 Å². The summed E-state index contributed by atoms with van der Waals surface area (Å²) in [5.41, 5.74) is 1.32. The monoisotopic (exact) mass is 309 g/mol. The number of carbonyl (C=O) groups excluding carboxylic acids is 1. The number of rotatable bonds is 4. The van der Waals surface area contributed by atoms with Crippen molar-refractivity contribution in [3.8, 4) is 0 Å². The summed E-state index contributed by atoms with van der Waals surface area (Å²) < 4.78 is 30.4. The molecule has 0 radical (unpaired) electrons. The van der Waals surface area contributed by atoms with Gasteiger partial charge in [0.15, 0.2) is 0 Å². The van der Waals surface area contributed by atoms with Gasteiger partial charge in [-0.2, -0.15) is 4.31 Å². The van der Waals surface area contributed by atoms with Gasteiger partial charge in [-0.15, -0.1) is 0 Å². The summed E-state index contributed by atoms with van der Waals surface area (Å²) in [4.78, 5) is 11.8. The average Bonchev–Trinajstić information content (AvgIpc) is 2.47. The zero-order chi connectivity index (χ0) is 15.5. The van der Waals surface area contributed by atoms with Crippen LogP contribution in [0.15, 0.2) is 42.0 Å². The second-order valence-corrected chi connectivity index (χ2v) is 6.86. The molecule has 0 N–H and O–H groups in total. The van der Waals surface area contributed by atoms with E-state index >= 15 is 0 Å². The van der Waals surface area contributed by atoms with Crippen molar-refractivity contribution in [1.29, 1.82) is 0 Å². The van der Waals surface area contributed by atoms with Crippen LogP contribution in [0.4, 0.5) is 0 Å². The second kappa shape index (κ2) is 6.41. The van der Waals surface area contributed by atoms with Gasteiger partial charge in [-0.05, 0) is 18.9 Å². The lowest BCUT2D eigenvalue weighted by Crippen LogP contribution is -2.39. The first-order valence-corrected chi connectivity index (χ1v) is 8.66. The highest BCUT2D eigenvalue weighted by Gasteiger charge is 2.33. The van der Waals surface area contributed by atoms with E-state index in [1.54, 1.807) is 13.0 Å². The Kier molecular flexibility index (Phi) is 4.80. The average molecular weight is 309 g/mol. The molecule has 0 fully saturated rings. The topological polar surface area (TPSA) is 63.7 Å². The summed E-state index contributed by atoms with van der Waals surface area (Å²) in [6.07, 6.45) is 3.40. The summed E-state index contributed by atoms with van der Waals surface area (Å²) >= 11 is 0.